The number of ether oxygens (including phenoxy) is 1. The third-order valence-electron chi connectivity index (χ3n) is 10.0. The first-order chi connectivity index (χ1) is 24.9. The maximum absolute atomic E-state index is 12.2. The number of fused-ring (bicyclic) bond motifs is 2. The molecule has 2 aliphatic rings. The highest BCUT2D eigenvalue weighted by molar-refractivity contribution is 7.86. The Labute approximate surface area is 318 Å². The molecule has 2 aromatic rings. The van der Waals surface area contributed by atoms with Crippen LogP contribution in [0.5, 0.6) is 5.75 Å². The number of nitrogens with zero attached hydrogens (tertiary/aromatic N) is 2. The van der Waals surface area contributed by atoms with Gasteiger partial charge in [0.15, 0.2) is 5.71 Å². The molecular weight excluding hydrogens is 761 g/mol. The van der Waals surface area contributed by atoms with Crippen molar-refractivity contribution < 1.29 is 58.1 Å². The highest BCUT2D eigenvalue weighted by Gasteiger charge is 2.48. The Morgan fingerprint density at radius 1 is 0.981 bits per heavy atom. The molecule has 0 aliphatic carbocycles. The molecule has 0 fully saturated rings. The third kappa shape index (κ3) is 11.0. The topological polar surface area (TPSA) is 216 Å². The van der Waals surface area contributed by atoms with Crippen LogP contribution in [0.1, 0.15) is 90.2 Å². The molecule has 0 aromatic heterocycles. The molecular formula is C37H51N2O12S3+. The highest BCUT2D eigenvalue weighted by atomic mass is 32.2. The van der Waals surface area contributed by atoms with Crippen LogP contribution in [0, 0.1) is 5.41 Å². The van der Waals surface area contributed by atoms with Crippen molar-refractivity contribution in [3.05, 3.63) is 71.5 Å². The van der Waals surface area contributed by atoms with Crippen LogP contribution in [0.4, 0.5) is 11.4 Å². The predicted molar refractivity (Wildman–Crippen MR) is 206 cm³/mol. The standard InChI is InChI=1S/C37H50N2O12S3/c1-6-38(19-9-21-52(42,43)44)26-14-16-29-30(36(2,3)4)24-27(51-33(29)23-26)11-7-12-34-37(5,18-8-13-35(40)41)31-25-28(54(48,49)50)15-17-32(31)39(34)20-10-22-53(45,46)47/h7,11-12,14-17,23,25,30H,6,8-10,13,18-22,24H2,1-5H3,(H3-,40,41,42,43,44,45,46,47,48,49,50)/p+1. The number of hydrogen-bond acceptors (Lipinski definition) is 9. The molecule has 0 amide bonds. The van der Waals surface area contributed by atoms with Gasteiger partial charge in [0.05, 0.1) is 21.8 Å². The summed E-state index contributed by atoms with van der Waals surface area (Å²) in [6, 6.07) is 10.1. The van der Waals surface area contributed by atoms with Gasteiger partial charge in [-0.15, -0.1) is 0 Å². The molecule has 4 N–H and O–H groups in total. The van der Waals surface area contributed by atoms with Crippen molar-refractivity contribution in [2.24, 2.45) is 5.41 Å². The molecule has 2 aliphatic heterocycles. The number of carboxylic acid groups (broad SMARTS) is 1. The monoisotopic (exact) mass is 811 g/mol. The molecule has 54 heavy (non-hydrogen) atoms. The number of allylic oxidation sites excluding steroid dienone is 4. The minimum Gasteiger partial charge on any atom is -0.481 e. The maximum Gasteiger partial charge on any atom is 0.303 e. The van der Waals surface area contributed by atoms with E-state index in [1.807, 2.05) is 53.7 Å². The van der Waals surface area contributed by atoms with Gasteiger partial charge in [-0.05, 0) is 74.3 Å². The highest BCUT2D eigenvalue weighted by Crippen LogP contribution is 2.49. The molecule has 0 spiro atoms. The number of carbonyl (C=O) groups is 1. The van der Waals surface area contributed by atoms with Crippen LogP contribution in [0.25, 0.3) is 0 Å². The Balaban J connectivity index is 1.77. The zero-order valence-electron chi connectivity index (χ0n) is 31.2. The van der Waals surface area contributed by atoms with Gasteiger partial charge in [0.25, 0.3) is 30.4 Å². The second kappa shape index (κ2) is 16.6. The van der Waals surface area contributed by atoms with Crippen molar-refractivity contribution in [1.82, 2.24) is 0 Å². The number of anilines is 1. The largest absolute Gasteiger partial charge is 0.481 e. The fourth-order valence-electron chi connectivity index (χ4n) is 7.31. The van der Waals surface area contributed by atoms with E-state index < -0.39 is 47.5 Å². The smallest absolute Gasteiger partial charge is 0.303 e. The first kappa shape index (κ1) is 43.1. The van der Waals surface area contributed by atoms with Crippen LogP contribution in [0.15, 0.2) is 65.3 Å². The van der Waals surface area contributed by atoms with Crippen LogP contribution in [-0.4, -0.2) is 91.4 Å². The quantitative estimate of drug-likeness (QED) is 0.107. The Morgan fingerprint density at radius 3 is 2.24 bits per heavy atom. The molecule has 298 valence electrons. The lowest BCUT2D eigenvalue weighted by Crippen LogP contribution is -2.32. The predicted octanol–water partition coefficient (Wildman–Crippen LogP) is 5.98. The van der Waals surface area contributed by atoms with Crippen molar-refractivity contribution in [2.45, 2.75) is 89.4 Å². The summed E-state index contributed by atoms with van der Waals surface area (Å²) in [5.41, 5.74) is 2.44. The molecule has 2 heterocycles. The van der Waals surface area contributed by atoms with E-state index in [1.54, 1.807) is 6.08 Å². The Hall–Kier alpha value is -3.61. The first-order valence-electron chi connectivity index (χ1n) is 17.8. The van der Waals surface area contributed by atoms with E-state index in [0.717, 1.165) is 11.3 Å². The van der Waals surface area contributed by atoms with E-state index in [4.69, 9.17) is 4.74 Å². The summed E-state index contributed by atoms with van der Waals surface area (Å²) in [5, 5.41) is 9.41. The van der Waals surface area contributed by atoms with Gasteiger partial charge in [0.2, 0.25) is 5.69 Å². The third-order valence-corrected chi connectivity index (χ3v) is 12.5. The van der Waals surface area contributed by atoms with E-state index in [0.29, 0.717) is 48.0 Å². The molecule has 0 saturated carbocycles. The summed E-state index contributed by atoms with van der Waals surface area (Å²) >= 11 is 0. The van der Waals surface area contributed by atoms with Gasteiger partial charge in [0, 0.05) is 61.8 Å². The minimum atomic E-state index is -4.59. The van der Waals surface area contributed by atoms with E-state index >= 15 is 0 Å². The first-order valence-corrected chi connectivity index (χ1v) is 22.4. The summed E-state index contributed by atoms with van der Waals surface area (Å²) in [7, 11) is -13.0. The average molecular weight is 812 g/mol. The normalized spacial score (nSPS) is 19.9. The van der Waals surface area contributed by atoms with Gasteiger partial charge >= 0.3 is 5.97 Å². The Morgan fingerprint density at radius 2 is 1.65 bits per heavy atom. The number of benzene rings is 2. The SMILES string of the molecule is CCN(CCCS(=O)(=O)O)c1ccc2c(c1)OC(=CC=CC1=[N+](CCCS(=O)(=O)O)c3ccc(S(=O)(=O)O)cc3C1(C)CCCC(=O)O)CC2C(C)(C)C. The van der Waals surface area contributed by atoms with Gasteiger partial charge in [0.1, 0.15) is 18.1 Å². The zero-order valence-corrected chi connectivity index (χ0v) is 33.7. The summed E-state index contributed by atoms with van der Waals surface area (Å²) in [6.07, 6.45) is 6.62. The minimum absolute atomic E-state index is 0.0298. The molecule has 0 radical (unpaired) electrons. The van der Waals surface area contributed by atoms with Crippen LogP contribution in [0.3, 0.4) is 0 Å². The molecule has 2 atom stereocenters. The summed E-state index contributed by atoms with van der Waals surface area (Å²) in [6.45, 7) is 11.3. The lowest BCUT2D eigenvalue weighted by atomic mass is 9.73. The van der Waals surface area contributed by atoms with E-state index in [2.05, 4.69) is 20.8 Å². The van der Waals surface area contributed by atoms with Crippen LogP contribution in [-0.2, 0) is 40.6 Å². The lowest BCUT2D eigenvalue weighted by molar-refractivity contribution is -0.437. The molecule has 14 nitrogen and oxygen atoms in total. The molecule has 17 heteroatoms. The number of rotatable bonds is 17. The second-order valence-corrected chi connectivity index (χ2v) is 19.6. The van der Waals surface area contributed by atoms with E-state index in [9.17, 15) is 48.8 Å². The molecule has 4 rings (SSSR count). The van der Waals surface area contributed by atoms with Gasteiger partial charge in [-0.25, -0.2) is 0 Å². The van der Waals surface area contributed by atoms with Crippen LogP contribution in [0.2, 0.25) is 0 Å². The van der Waals surface area contributed by atoms with Gasteiger partial charge < -0.3 is 14.7 Å². The van der Waals surface area contributed by atoms with Crippen molar-refractivity contribution >= 4 is 53.4 Å². The van der Waals surface area contributed by atoms with Crippen LogP contribution >= 0.6 is 0 Å². The fourth-order valence-corrected chi connectivity index (χ4v) is 8.81. The van der Waals surface area contributed by atoms with Crippen molar-refractivity contribution in [2.75, 3.05) is 36.0 Å². The summed E-state index contributed by atoms with van der Waals surface area (Å²) in [5.74, 6) is -0.501. The van der Waals surface area contributed by atoms with Crippen molar-refractivity contribution in [3.63, 3.8) is 0 Å². The average Bonchev–Trinajstić information content (AvgIpc) is 3.26. The van der Waals surface area contributed by atoms with Crippen molar-refractivity contribution in [3.8, 4) is 5.75 Å². The molecule has 0 saturated heterocycles. The zero-order chi connectivity index (χ0) is 40.3. The van der Waals surface area contributed by atoms with E-state index in [-0.39, 0.29) is 60.6 Å². The lowest BCUT2D eigenvalue weighted by Gasteiger charge is -2.37. The summed E-state index contributed by atoms with van der Waals surface area (Å²) < 4.78 is 107. The second-order valence-electron chi connectivity index (χ2n) is 15.1. The molecule has 2 unspecified atom stereocenters. The van der Waals surface area contributed by atoms with Gasteiger partial charge in [-0.2, -0.15) is 29.8 Å². The molecule has 0 bridgehead atoms. The maximum atomic E-state index is 12.2. The van der Waals surface area contributed by atoms with Crippen LogP contribution < -0.4 is 9.64 Å². The number of hydrogen-bond donors (Lipinski definition) is 4. The Kier molecular flexibility index (Phi) is 13.3. The van der Waals surface area contributed by atoms with Crippen molar-refractivity contribution in [1.29, 1.82) is 0 Å². The Bertz CT molecular complexity index is 2170. The molecule has 2 aromatic carbocycles. The number of carboxylic acids is 1. The fraction of sp³-hybridized carbons (Fsp3) is 0.514. The van der Waals surface area contributed by atoms with Gasteiger partial charge in [-0.3, -0.25) is 18.5 Å². The van der Waals surface area contributed by atoms with Gasteiger partial charge in [-0.1, -0.05) is 32.9 Å². The number of aliphatic carboxylic acids is 1. The van der Waals surface area contributed by atoms with E-state index in [1.165, 1.54) is 18.2 Å². The summed E-state index contributed by atoms with van der Waals surface area (Å²) in [4.78, 5) is 13.2.